The van der Waals surface area contributed by atoms with Gasteiger partial charge in [-0.05, 0) is 30.3 Å². The molecule has 4 aromatic rings. The van der Waals surface area contributed by atoms with Gasteiger partial charge in [-0.25, -0.2) is 9.50 Å². The van der Waals surface area contributed by atoms with Crippen LogP contribution >= 0.6 is 23.4 Å². The second-order valence-electron chi connectivity index (χ2n) is 6.48. The predicted molar refractivity (Wildman–Crippen MR) is 114 cm³/mol. The van der Waals surface area contributed by atoms with Gasteiger partial charge in [0.25, 0.3) is 0 Å². The van der Waals surface area contributed by atoms with Crippen LogP contribution in [0.15, 0.2) is 72.0 Å². The van der Waals surface area contributed by atoms with Gasteiger partial charge in [-0.1, -0.05) is 47.6 Å². The Balaban J connectivity index is 1.51. The Morgan fingerprint density at radius 1 is 1.13 bits per heavy atom. The van der Waals surface area contributed by atoms with Crippen molar-refractivity contribution in [3.05, 3.63) is 77.6 Å². The highest BCUT2D eigenvalue weighted by molar-refractivity contribution is 8.00. The van der Waals surface area contributed by atoms with Crippen LogP contribution in [0.2, 0.25) is 5.02 Å². The van der Waals surface area contributed by atoms with Crippen molar-refractivity contribution < 1.29 is 18.0 Å². The Kier molecular flexibility index (Phi) is 5.88. The molecule has 2 aromatic heterocycles. The zero-order valence-electron chi connectivity index (χ0n) is 15.7. The first kappa shape index (κ1) is 21.2. The minimum atomic E-state index is -4.56. The first-order valence-corrected chi connectivity index (χ1v) is 10.4. The van der Waals surface area contributed by atoms with Crippen molar-refractivity contribution in [1.82, 2.24) is 14.6 Å². The fraction of sp³-hybridized carbons (Fsp3) is 0.0952. The average Bonchev–Trinajstić information content (AvgIpc) is 3.17. The van der Waals surface area contributed by atoms with Crippen molar-refractivity contribution in [3.63, 3.8) is 0 Å². The Morgan fingerprint density at radius 3 is 2.61 bits per heavy atom. The number of hydrogen-bond donors (Lipinski definition) is 1. The van der Waals surface area contributed by atoms with Gasteiger partial charge < -0.3 is 5.32 Å². The quantitative estimate of drug-likeness (QED) is 0.381. The number of rotatable bonds is 5. The van der Waals surface area contributed by atoms with Gasteiger partial charge in [-0.2, -0.15) is 18.3 Å². The number of thioether (sulfide) groups is 1. The van der Waals surface area contributed by atoms with E-state index in [1.54, 1.807) is 29.0 Å². The SMILES string of the molecule is O=C(CSc1nccn2nc(-c3ccc(Cl)cc3)cc12)Nc1ccccc1C(F)(F)F. The molecule has 31 heavy (non-hydrogen) atoms. The molecule has 2 heterocycles. The molecule has 1 N–H and O–H groups in total. The summed E-state index contributed by atoms with van der Waals surface area (Å²) in [5.74, 6) is -0.678. The van der Waals surface area contributed by atoms with E-state index in [1.807, 2.05) is 18.2 Å². The summed E-state index contributed by atoms with van der Waals surface area (Å²) in [6.07, 6.45) is -1.33. The maximum atomic E-state index is 13.1. The van der Waals surface area contributed by atoms with Crippen LogP contribution in [-0.2, 0) is 11.0 Å². The maximum Gasteiger partial charge on any atom is 0.418 e. The van der Waals surface area contributed by atoms with Gasteiger partial charge in [0, 0.05) is 23.0 Å². The van der Waals surface area contributed by atoms with Gasteiger partial charge in [0.2, 0.25) is 5.91 Å². The van der Waals surface area contributed by atoms with E-state index in [0.29, 0.717) is 21.3 Å². The van der Waals surface area contributed by atoms with Crippen molar-refractivity contribution in [1.29, 1.82) is 0 Å². The van der Waals surface area contributed by atoms with Crippen LogP contribution in [0.3, 0.4) is 0 Å². The number of halogens is 4. The molecule has 0 fully saturated rings. The molecule has 0 bridgehead atoms. The van der Waals surface area contributed by atoms with Crippen LogP contribution in [0, 0.1) is 0 Å². The van der Waals surface area contributed by atoms with E-state index in [-0.39, 0.29) is 11.4 Å². The van der Waals surface area contributed by atoms with E-state index in [2.05, 4.69) is 15.4 Å². The number of nitrogens with one attached hydrogen (secondary N) is 1. The monoisotopic (exact) mass is 462 g/mol. The third-order valence-corrected chi connectivity index (χ3v) is 5.59. The van der Waals surface area contributed by atoms with Crippen molar-refractivity contribution in [2.24, 2.45) is 0 Å². The first-order chi connectivity index (χ1) is 14.8. The Hall–Kier alpha value is -3.04. The second-order valence-corrected chi connectivity index (χ2v) is 7.88. The van der Waals surface area contributed by atoms with E-state index in [0.717, 1.165) is 23.4 Å². The molecule has 10 heteroatoms. The minimum absolute atomic E-state index is 0.111. The summed E-state index contributed by atoms with van der Waals surface area (Å²) >= 11 is 7.04. The number of anilines is 1. The molecule has 1 amide bonds. The van der Waals surface area contributed by atoms with E-state index < -0.39 is 17.6 Å². The normalized spacial score (nSPS) is 11.6. The van der Waals surface area contributed by atoms with E-state index >= 15 is 0 Å². The Morgan fingerprint density at radius 2 is 1.87 bits per heavy atom. The summed E-state index contributed by atoms with van der Waals surface area (Å²) in [7, 11) is 0. The fourth-order valence-corrected chi connectivity index (χ4v) is 3.83. The summed E-state index contributed by atoms with van der Waals surface area (Å²) in [6, 6.07) is 13.9. The predicted octanol–water partition coefficient (Wildman–Crippen LogP) is 5.80. The summed E-state index contributed by atoms with van der Waals surface area (Å²) in [5, 5.41) is 7.98. The number of carbonyl (C=O) groups is 1. The lowest BCUT2D eigenvalue weighted by molar-refractivity contribution is -0.137. The molecular weight excluding hydrogens is 449 g/mol. The fourth-order valence-electron chi connectivity index (χ4n) is 2.93. The zero-order valence-corrected chi connectivity index (χ0v) is 17.3. The summed E-state index contributed by atoms with van der Waals surface area (Å²) in [4.78, 5) is 16.6. The number of carbonyl (C=O) groups excluding carboxylic acids is 1. The van der Waals surface area contributed by atoms with Crippen molar-refractivity contribution in [2.75, 3.05) is 11.1 Å². The third-order valence-electron chi connectivity index (χ3n) is 4.34. The van der Waals surface area contributed by atoms with Gasteiger partial charge in [-0.3, -0.25) is 4.79 Å². The highest BCUT2D eigenvalue weighted by Crippen LogP contribution is 2.34. The number of hydrogen-bond acceptors (Lipinski definition) is 4. The number of fused-ring (bicyclic) bond motifs is 1. The summed E-state index contributed by atoms with van der Waals surface area (Å²) in [5.41, 5.74) is 1.08. The lowest BCUT2D eigenvalue weighted by Gasteiger charge is -2.13. The average molecular weight is 463 g/mol. The molecule has 0 aliphatic carbocycles. The van der Waals surface area contributed by atoms with Gasteiger partial charge in [0.1, 0.15) is 5.03 Å². The zero-order chi connectivity index (χ0) is 22.0. The standard InChI is InChI=1S/C21H14ClF3N4OS/c22-14-7-5-13(6-8-14)17-11-18-20(26-9-10-29(18)28-17)31-12-19(30)27-16-4-2-1-3-15(16)21(23,24)25/h1-11H,12H2,(H,27,30). The first-order valence-electron chi connectivity index (χ1n) is 9.00. The highest BCUT2D eigenvalue weighted by Gasteiger charge is 2.33. The van der Waals surface area contributed by atoms with Crippen LogP contribution < -0.4 is 5.32 Å². The number of alkyl halides is 3. The van der Waals surface area contributed by atoms with Crippen LogP contribution in [-0.4, -0.2) is 26.3 Å². The molecule has 4 rings (SSSR count). The van der Waals surface area contributed by atoms with Crippen LogP contribution in [0.25, 0.3) is 16.8 Å². The van der Waals surface area contributed by atoms with Crippen molar-refractivity contribution >= 4 is 40.5 Å². The minimum Gasteiger partial charge on any atom is -0.325 e. The molecule has 0 radical (unpaired) electrons. The molecule has 0 spiro atoms. The van der Waals surface area contributed by atoms with Crippen molar-refractivity contribution in [3.8, 4) is 11.3 Å². The van der Waals surface area contributed by atoms with Gasteiger partial charge >= 0.3 is 6.18 Å². The van der Waals surface area contributed by atoms with Gasteiger partial charge in [-0.15, -0.1) is 0 Å². The van der Waals surface area contributed by atoms with E-state index in [9.17, 15) is 18.0 Å². The van der Waals surface area contributed by atoms with Crippen LogP contribution in [0.4, 0.5) is 18.9 Å². The molecule has 0 aliphatic rings. The molecule has 0 saturated carbocycles. The molecule has 0 unspecified atom stereocenters. The molecule has 0 atom stereocenters. The third kappa shape index (κ3) is 4.83. The number of nitrogens with zero attached hydrogens (tertiary/aromatic N) is 3. The lowest BCUT2D eigenvalue weighted by atomic mass is 10.1. The molecule has 0 saturated heterocycles. The smallest absolute Gasteiger partial charge is 0.325 e. The highest BCUT2D eigenvalue weighted by atomic mass is 35.5. The second kappa shape index (κ2) is 8.60. The Labute approximate surface area is 184 Å². The molecule has 2 aromatic carbocycles. The van der Waals surface area contributed by atoms with Gasteiger partial charge in [0.15, 0.2) is 0 Å². The lowest BCUT2D eigenvalue weighted by Crippen LogP contribution is -2.18. The largest absolute Gasteiger partial charge is 0.418 e. The molecule has 0 aliphatic heterocycles. The summed E-state index contributed by atoms with van der Waals surface area (Å²) < 4.78 is 40.9. The van der Waals surface area contributed by atoms with Crippen LogP contribution in [0.1, 0.15) is 5.56 Å². The molecule has 5 nitrogen and oxygen atoms in total. The number of aromatic nitrogens is 3. The summed E-state index contributed by atoms with van der Waals surface area (Å²) in [6.45, 7) is 0. The van der Waals surface area contributed by atoms with Crippen molar-refractivity contribution in [2.45, 2.75) is 11.2 Å². The van der Waals surface area contributed by atoms with E-state index in [4.69, 9.17) is 11.6 Å². The van der Waals surface area contributed by atoms with E-state index in [1.165, 1.54) is 18.2 Å². The van der Waals surface area contributed by atoms with Crippen LogP contribution in [0.5, 0.6) is 0 Å². The van der Waals surface area contributed by atoms with Gasteiger partial charge in [0.05, 0.1) is 28.2 Å². The molecule has 158 valence electrons. The maximum absolute atomic E-state index is 13.1. The Bertz CT molecular complexity index is 1240. The topological polar surface area (TPSA) is 59.3 Å². The number of para-hydroxylation sites is 1. The number of amides is 1. The molecular formula is C21H14ClF3N4OS. The number of benzene rings is 2.